The lowest BCUT2D eigenvalue weighted by Crippen LogP contribution is -2.21. The van der Waals surface area contributed by atoms with E-state index in [4.69, 9.17) is 5.73 Å². The first-order valence-corrected chi connectivity index (χ1v) is 8.80. The fourth-order valence-electron chi connectivity index (χ4n) is 2.88. The van der Waals surface area contributed by atoms with Crippen molar-refractivity contribution in [3.8, 4) is 11.3 Å². The average Bonchev–Trinajstić information content (AvgIpc) is 2.94. The molecule has 0 fully saturated rings. The van der Waals surface area contributed by atoms with Crippen LogP contribution >= 0.6 is 0 Å². The van der Waals surface area contributed by atoms with E-state index in [1.165, 1.54) is 0 Å². The first kappa shape index (κ1) is 18.5. The number of urea groups is 1. The first-order chi connectivity index (χ1) is 12.7. The van der Waals surface area contributed by atoms with Gasteiger partial charge in [-0.2, -0.15) is 0 Å². The molecule has 3 rings (SSSR count). The Hall–Kier alpha value is -3.28. The summed E-state index contributed by atoms with van der Waals surface area (Å²) in [6.45, 7) is 6.35. The highest BCUT2D eigenvalue weighted by molar-refractivity contribution is 5.99. The van der Waals surface area contributed by atoms with Gasteiger partial charge in [-0.05, 0) is 41.3 Å². The number of amides is 2. The Morgan fingerprint density at radius 2 is 1.78 bits per heavy atom. The number of benzene rings is 1. The molecule has 3 aromatic rings. The molecule has 0 radical (unpaired) electrons. The molecule has 0 atom stereocenters. The Bertz CT molecular complexity index is 932. The predicted octanol–water partition coefficient (Wildman–Crippen LogP) is 4.61. The zero-order chi connectivity index (χ0) is 19.6. The quantitative estimate of drug-likeness (QED) is 0.635. The monoisotopic (exact) mass is 363 g/mol. The van der Waals surface area contributed by atoms with Crippen LogP contribution in [0.15, 0.2) is 54.9 Å². The minimum Gasteiger partial charge on any atom is -0.397 e. The summed E-state index contributed by atoms with van der Waals surface area (Å²) in [6, 6.07) is 12.9. The molecular weight excluding hydrogens is 338 g/mol. The zero-order valence-corrected chi connectivity index (χ0v) is 16.1. The van der Waals surface area contributed by atoms with Gasteiger partial charge in [0.25, 0.3) is 0 Å². The molecule has 0 aliphatic heterocycles. The molecule has 2 heterocycles. The zero-order valence-electron chi connectivity index (χ0n) is 16.1. The Morgan fingerprint density at radius 3 is 2.37 bits per heavy atom. The fraction of sp³-hybridized carbons (Fsp3) is 0.238. The smallest absolute Gasteiger partial charge is 0.324 e. The van der Waals surface area contributed by atoms with Gasteiger partial charge in [-0.25, -0.2) is 9.78 Å². The number of anilines is 3. The van der Waals surface area contributed by atoms with E-state index in [-0.39, 0.29) is 11.4 Å². The molecule has 0 aliphatic rings. The van der Waals surface area contributed by atoms with Gasteiger partial charge in [-0.15, -0.1) is 0 Å². The average molecular weight is 363 g/mol. The molecule has 140 valence electrons. The Kier molecular flexibility index (Phi) is 4.90. The Labute approximate surface area is 159 Å². The lowest BCUT2D eigenvalue weighted by atomic mass is 9.88. The highest BCUT2D eigenvalue weighted by Gasteiger charge is 2.15. The number of carbonyl (C=O) groups is 1. The van der Waals surface area contributed by atoms with Crippen LogP contribution in [0, 0.1) is 0 Å². The molecular formula is C21H25N5O. The van der Waals surface area contributed by atoms with Crippen LogP contribution in [0.3, 0.4) is 0 Å². The molecule has 4 N–H and O–H groups in total. The van der Waals surface area contributed by atoms with Crippen LogP contribution in [0.2, 0.25) is 0 Å². The number of carbonyl (C=O) groups excluding carboxylic acids is 1. The molecule has 0 spiro atoms. The highest BCUT2D eigenvalue weighted by Crippen LogP contribution is 2.27. The van der Waals surface area contributed by atoms with Gasteiger partial charge in [0.15, 0.2) is 0 Å². The van der Waals surface area contributed by atoms with E-state index in [1.807, 2.05) is 60.3 Å². The molecule has 0 aliphatic carbocycles. The van der Waals surface area contributed by atoms with Gasteiger partial charge in [0.1, 0.15) is 5.82 Å². The summed E-state index contributed by atoms with van der Waals surface area (Å²) in [7, 11) is 1.95. The van der Waals surface area contributed by atoms with Crippen LogP contribution in [0.25, 0.3) is 11.3 Å². The van der Waals surface area contributed by atoms with Gasteiger partial charge in [0.2, 0.25) is 0 Å². The lowest BCUT2D eigenvalue weighted by Gasteiger charge is -2.19. The summed E-state index contributed by atoms with van der Waals surface area (Å²) in [4.78, 5) is 16.5. The molecule has 6 heteroatoms. The van der Waals surface area contributed by atoms with Crippen LogP contribution in [0.1, 0.15) is 26.3 Å². The number of nitrogens with one attached hydrogen (secondary N) is 2. The van der Waals surface area contributed by atoms with E-state index in [0.717, 1.165) is 22.5 Å². The number of hydrogen-bond donors (Lipinski definition) is 3. The van der Waals surface area contributed by atoms with Crippen molar-refractivity contribution >= 4 is 23.2 Å². The molecule has 1 aromatic carbocycles. The second kappa shape index (κ2) is 7.15. The normalized spacial score (nSPS) is 11.3. The van der Waals surface area contributed by atoms with E-state index in [9.17, 15) is 4.79 Å². The van der Waals surface area contributed by atoms with E-state index in [0.29, 0.717) is 11.5 Å². The molecule has 2 amide bonds. The van der Waals surface area contributed by atoms with Gasteiger partial charge in [-0.1, -0.05) is 32.9 Å². The SMILES string of the molecule is Cn1ccc(N)c1-c1ccc(NC(=O)Nc2cc(C(C)(C)C)ccn2)cc1. The number of hydrogen-bond acceptors (Lipinski definition) is 3. The summed E-state index contributed by atoms with van der Waals surface area (Å²) < 4.78 is 1.97. The predicted molar refractivity (Wildman–Crippen MR) is 111 cm³/mol. The minimum absolute atomic E-state index is 0.00946. The van der Waals surface area contributed by atoms with E-state index in [1.54, 1.807) is 6.20 Å². The van der Waals surface area contributed by atoms with E-state index >= 15 is 0 Å². The summed E-state index contributed by atoms with van der Waals surface area (Å²) >= 11 is 0. The van der Waals surface area contributed by atoms with Crippen molar-refractivity contribution in [1.29, 1.82) is 0 Å². The molecule has 6 nitrogen and oxygen atoms in total. The van der Waals surface area contributed by atoms with Crippen LogP contribution in [-0.2, 0) is 12.5 Å². The molecule has 0 saturated heterocycles. The maximum Gasteiger partial charge on any atom is 0.324 e. The van der Waals surface area contributed by atoms with Gasteiger partial charge >= 0.3 is 6.03 Å². The van der Waals surface area contributed by atoms with Crippen LogP contribution < -0.4 is 16.4 Å². The topological polar surface area (TPSA) is 85.0 Å². The number of pyridine rings is 1. The van der Waals surface area contributed by atoms with Gasteiger partial charge in [-0.3, -0.25) is 5.32 Å². The van der Waals surface area contributed by atoms with Crippen LogP contribution in [0.4, 0.5) is 22.0 Å². The summed E-state index contributed by atoms with van der Waals surface area (Å²) in [5, 5.41) is 5.60. The van der Waals surface area contributed by atoms with Crippen molar-refractivity contribution in [2.75, 3.05) is 16.4 Å². The number of aromatic nitrogens is 2. The van der Waals surface area contributed by atoms with Crippen molar-refractivity contribution in [2.24, 2.45) is 7.05 Å². The second-order valence-electron chi connectivity index (χ2n) is 7.57. The third-order valence-corrected chi connectivity index (χ3v) is 4.39. The Balaban J connectivity index is 1.68. The molecule has 27 heavy (non-hydrogen) atoms. The summed E-state index contributed by atoms with van der Waals surface area (Å²) in [5.74, 6) is 0.521. The first-order valence-electron chi connectivity index (χ1n) is 8.80. The standard InChI is InChI=1S/C21H25N5O/c1-21(2,3)15-9-11-23-18(13-15)25-20(27)24-16-7-5-14(6-8-16)19-17(22)10-12-26(19)4/h5-13H,22H2,1-4H3,(H2,23,24,25,27). The number of nitrogens with zero attached hydrogens (tertiary/aromatic N) is 2. The largest absolute Gasteiger partial charge is 0.397 e. The fourth-order valence-corrected chi connectivity index (χ4v) is 2.88. The molecule has 2 aromatic heterocycles. The van der Waals surface area contributed by atoms with Crippen LogP contribution in [0.5, 0.6) is 0 Å². The van der Waals surface area contributed by atoms with Crippen molar-refractivity contribution in [3.63, 3.8) is 0 Å². The minimum atomic E-state index is -0.334. The van der Waals surface area contributed by atoms with E-state index in [2.05, 4.69) is 36.4 Å². The third-order valence-electron chi connectivity index (χ3n) is 4.39. The van der Waals surface area contributed by atoms with Crippen molar-refractivity contribution in [3.05, 3.63) is 60.4 Å². The highest BCUT2D eigenvalue weighted by atomic mass is 16.2. The van der Waals surface area contributed by atoms with Crippen molar-refractivity contribution in [2.45, 2.75) is 26.2 Å². The number of nitrogen functional groups attached to an aromatic ring is 1. The molecule has 0 saturated carbocycles. The number of aryl methyl sites for hydroxylation is 1. The van der Waals surface area contributed by atoms with Gasteiger partial charge in [0, 0.05) is 30.7 Å². The maximum absolute atomic E-state index is 12.3. The summed E-state index contributed by atoms with van der Waals surface area (Å²) in [5.41, 5.74) is 10.5. The number of rotatable bonds is 3. The summed E-state index contributed by atoms with van der Waals surface area (Å²) in [6.07, 6.45) is 3.62. The number of nitrogens with two attached hydrogens (primary N) is 1. The van der Waals surface area contributed by atoms with E-state index < -0.39 is 0 Å². The van der Waals surface area contributed by atoms with Gasteiger partial charge in [0.05, 0.1) is 11.4 Å². The van der Waals surface area contributed by atoms with Crippen molar-refractivity contribution < 1.29 is 4.79 Å². The molecule has 0 unspecified atom stereocenters. The second-order valence-corrected chi connectivity index (χ2v) is 7.57. The van der Waals surface area contributed by atoms with Crippen molar-refractivity contribution in [1.82, 2.24) is 9.55 Å². The molecule has 0 bridgehead atoms. The van der Waals surface area contributed by atoms with Crippen LogP contribution in [-0.4, -0.2) is 15.6 Å². The Morgan fingerprint density at radius 1 is 1.07 bits per heavy atom. The van der Waals surface area contributed by atoms with Gasteiger partial charge < -0.3 is 15.6 Å². The lowest BCUT2D eigenvalue weighted by molar-refractivity contribution is 0.262. The third kappa shape index (κ3) is 4.28. The maximum atomic E-state index is 12.3.